The monoisotopic (exact) mass is 163 g/mol. The van der Waals surface area contributed by atoms with Gasteiger partial charge in [0.25, 0.3) is 0 Å². The van der Waals surface area contributed by atoms with Crippen molar-refractivity contribution in [3.63, 3.8) is 0 Å². The Morgan fingerprint density at radius 2 is 2.00 bits per heavy atom. The van der Waals surface area contributed by atoms with Crippen LogP contribution >= 0.6 is 0 Å². The Morgan fingerprint density at radius 1 is 1.25 bits per heavy atom. The van der Waals surface area contributed by atoms with Crippen LogP contribution < -0.4 is 0 Å². The van der Waals surface area contributed by atoms with Gasteiger partial charge in [0.2, 0.25) is 0 Å². The van der Waals surface area contributed by atoms with E-state index in [2.05, 4.69) is 13.8 Å². The van der Waals surface area contributed by atoms with Crippen molar-refractivity contribution in [3.05, 3.63) is 29.3 Å². The Hall–Kier alpha value is -0.980. The molecule has 1 nitrogen and oxygen atoms in total. The van der Waals surface area contributed by atoms with Crippen molar-refractivity contribution in [1.29, 1.82) is 0 Å². The fourth-order valence-electron chi connectivity index (χ4n) is 1.48. The zero-order chi connectivity index (χ0) is 8.97. The average Bonchev–Trinajstić information content (AvgIpc) is 2.09. The van der Waals surface area contributed by atoms with Crippen LogP contribution in [0.1, 0.15) is 31.4 Å². The van der Waals surface area contributed by atoms with Crippen LogP contribution in [0.2, 0.25) is 0 Å². The summed E-state index contributed by atoms with van der Waals surface area (Å²) in [7, 11) is 0. The van der Waals surface area contributed by atoms with Crippen LogP contribution in [0.25, 0.3) is 0 Å². The van der Waals surface area contributed by atoms with Crippen molar-refractivity contribution < 1.29 is 5.11 Å². The maximum atomic E-state index is 11.4. The van der Waals surface area contributed by atoms with Gasteiger partial charge in [-0.05, 0) is 24.5 Å². The predicted octanol–water partition coefficient (Wildman–Crippen LogP) is 3.35. The quantitative estimate of drug-likeness (QED) is 0.651. The molecule has 1 rings (SSSR count). The maximum absolute atomic E-state index is 11.4. The highest BCUT2D eigenvalue weighted by Gasteiger charge is 2.05. The van der Waals surface area contributed by atoms with Crippen molar-refractivity contribution >= 4 is 0 Å². The molecular weight excluding hydrogens is 148 g/mol. The molecule has 1 aromatic carbocycles. The van der Waals surface area contributed by atoms with Crippen molar-refractivity contribution in [2.24, 2.45) is 0 Å². The second-order valence-electron chi connectivity index (χ2n) is 3.00. The lowest BCUT2D eigenvalue weighted by molar-refractivity contribution is 0.349. The van der Waals surface area contributed by atoms with Gasteiger partial charge in [0, 0.05) is 5.56 Å². The third-order valence-corrected chi connectivity index (χ3v) is 2.11. The fourth-order valence-corrected chi connectivity index (χ4v) is 1.48. The first-order valence-corrected chi connectivity index (χ1v) is 4.57. The lowest BCUT2D eigenvalue weighted by Gasteiger charge is -2.06. The summed E-state index contributed by atoms with van der Waals surface area (Å²) in [6.07, 6.45) is 2.93. The molecule has 0 aliphatic rings. The normalized spacial score (nSPS) is 10.2. The van der Waals surface area contributed by atoms with Gasteiger partial charge in [0.1, 0.15) is 0 Å². The van der Waals surface area contributed by atoms with Crippen LogP contribution in [-0.2, 0) is 17.9 Å². The second-order valence-corrected chi connectivity index (χ2v) is 3.00. The van der Waals surface area contributed by atoms with Gasteiger partial charge in [0.15, 0.2) is 5.75 Å². The molecule has 1 aromatic rings. The molecule has 0 aromatic heterocycles. The molecule has 0 fully saturated rings. The third-order valence-electron chi connectivity index (χ3n) is 2.11. The first-order chi connectivity index (χ1) is 5.79. The van der Waals surface area contributed by atoms with Crippen LogP contribution in [-0.4, -0.2) is 0 Å². The molecule has 12 heavy (non-hydrogen) atoms. The maximum Gasteiger partial charge on any atom is 0.182 e. The molecule has 0 amide bonds. The summed E-state index contributed by atoms with van der Waals surface area (Å²) in [5.74, 6) is 0.205. The van der Waals surface area contributed by atoms with Crippen LogP contribution in [0.15, 0.2) is 18.2 Å². The minimum absolute atomic E-state index is 0.205. The molecule has 0 aliphatic carbocycles. The summed E-state index contributed by atoms with van der Waals surface area (Å²) in [6.45, 7) is 4.19. The molecule has 1 heteroatoms. The van der Waals surface area contributed by atoms with Crippen LogP contribution in [0.5, 0.6) is 5.75 Å². The number of benzene rings is 1. The van der Waals surface area contributed by atoms with Crippen LogP contribution in [0.3, 0.4) is 0 Å². The molecule has 0 unspecified atom stereocenters. The van der Waals surface area contributed by atoms with E-state index in [4.69, 9.17) is 0 Å². The zero-order valence-corrected chi connectivity index (χ0v) is 7.76. The van der Waals surface area contributed by atoms with Gasteiger partial charge >= 0.3 is 0 Å². The number of rotatable bonds is 3. The first kappa shape index (κ1) is 9.11. The van der Waals surface area contributed by atoms with Crippen molar-refractivity contribution in [3.8, 4) is 5.75 Å². The van der Waals surface area contributed by atoms with Gasteiger partial charge in [-0.1, -0.05) is 32.4 Å². The van der Waals surface area contributed by atoms with E-state index in [-0.39, 0.29) is 5.75 Å². The third kappa shape index (κ3) is 1.79. The lowest BCUT2D eigenvalue weighted by atomic mass is 10.0. The van der Waals surface area contributed by atoms with E-state index in [1.165, 1.54) is 5.56 Å². The highest BCUT2D eigenvalue weighted by molar-refractivity contribution is 5.39. The molecule has 0 N–H and O–H groups in total. The summed E-state index contributed by atoms with van der Waals surface area (Å²) in [5, 5.41) is 11.4. The molecule has 65 valence electrons. The number of aryl methyl sites for hydroxylation is 1. The van der Waals surface area contributed by atoms with Gasteiger partial charge in [-0.3, -0.25) is 5.11 Å². The first-order valence-electron chi connectivity index (χ1n) is 4.57. The molecule has 0 heterocycles. The molecule has 0 saturated heterocycles. The molecule has 1 radical (unpaired) electrons. The SMILES string of the molecule is CCCc1c([O])cccc1CC. The molecular formula is C11H15O. The number of hydrogen-bond donors (Lipinski definition) is 0. The van der Waals surface area contributed by atoms with Crippen molar-refractivity contribution in [2.75, 3.05) is 0 Å². The van der Waals surface area contributed by atoms with E-state index in [1.807, 2.05) is 12.1 Å². The second kappa shape index (κ2) is 4.15. The minimum Gasteiger partial charge on any atom is -0.290 e. The van der Waals surface area contributed by atoms with Gasteiger partial charge < -0.3 is 0 Å². The summed E-state index contributed by atoms with van der Waals surface area (Å²) in [5.41, 5.74) is 2.23. The minimum atomic E-state index is 0.205. The zero-order valence-electron chi connectivity index (χ0n) is 7.76. The molecule has 0 spiro atoms. The lowest BCUT2D eigenvalue weighted by Crippen LogP contribution is -1.91. The van der Waals surface area contributed by atoms with Crippen LogP contribution in [0, 0.1) is 0 Å². The summed E-state index contributed by atoms with van der Waals surface area (Å²) < 4.78 is 0. The van der Waals surface area contributed by atoms with E-state index in [0.717, 1.165) is 24.8 Å². The Morgan fingerprint density at radius 3 is 2.58 bits per heavy atom. The van der Waals surface area contributed by atoms with E-state index < -0.39 is 0 Å². The highest BCUT2D eigenvalue weighted by Crippen LogP contribution is 2.23. The number of hydrogen-bond acceptors (Lipinski definition) is 0. The van der Waals surface area contributed by atoms with E-state index >= 15 is 0 Å². The fraction of sp³-hybridized carbons (Fsp3) is 0.455. The molecule has 0 bridgehead atoms. The van der Waals surface area contributed by atoms with Gasteiger partial charge in [-0.25, -0.2) is 0 Å². The Bertz CT molecular complexity index is 253. The largest absolute Gasteiger partial charge is 0.290 e. The standard InChI is InChI=1S/C11H15O/c1-3-6-10-9(4-2)7-5-8-11(10)12/h5,7-8H,3-4,6H2,1-2H3. The average molecular weight is 163 g/mol. The summed E-state index contributed by atoms with van der Waals surface area (Å²) in [6, 6.07) is 5.55. The summed E-state index contributed by atoms with van der Waals surface area (Å²) in [4.78, 5) is 0. The topological polar surface area (TPSA) is 19.9 Å². The van der Waals surface area contributed by atoms with Crippen molar-refractivity contribution in [1.82, 2.24) is 0 Å². The van der Waals surface area contributed by atoms with Gasteiger partial charge in [-0.2, -0.15) is 0 Å². The molecule has 0 aliphatic heterocycles. The Kier molecular flexibility index (Phi) is 3.15. The molecule has 0 saturated carbocycles. The van der Waals surface area contributed by atoms with Gasteiger partial charge in [0.05, 0.1) is 0 Å². The smallest absolute Gasteiger partial charge is 0.182 e. The van der Waals surface area contributed by atoms with E-state index in [1.54, 1.807) is 6.07 Å². The van der Waals surface area contributed by atoms with E-state index in [0.29, 0.717) is 0 Å². The summed E-state index contributed by atoms with van der Waals surface area (Å²) >= 11 is 0. The van der Waals surface area contributed by atoms with E-state index in [9.17, 15) is 5.11 Å². The van der Waals surface area contributed by atoms with Crippen molar-refractivity contribution in [2.45, 2.75) is 33.1 Å². The predicted molar refractivity (Wildman–Crippen MR) is 49.9 cm³/mol. The molecule has 0 atom stereocenters. The highest BCUT2D eigenvalue weighted by atomic mass is 16.3. The Balaban J connectivity index is 3.02. The Labute approximate surface area is 74.1 Å². The van der Waals surface area contributed by atoms with Gasteiger partial charge in [-0.15, -0.1) is 0 Å². The van der Waals surface area contributed by atoms with Crippen LogP contribution in [0.4, 0.5) is 0 Å².